The molecule has 1 aromatic carbocycles. The number of nitrogens with one attached hydrogen (secondary N) is 2. The van der Waals surface area contributed by atoms with E-state index in [4.69, 9.17) is 11.1 Å². The summed E-state index contributed by atoms with van der Waals surface area (Å²) in [5.74, 6) is -0.216. The van der Waals surface area contributed by atoms with Crippen LogP contribution in [-0.4, -0.2) is 24.8 Å². The van der Waals surface area contributed by atoms with E-state index in [0.29, 0.717) is 17.3 Å². The zero-order chi connectivity index (χ0) is 15.7. The maximum Gasteiger partial charge on any atom is 0.242 e. The smallest absolute Gasteiger partial charge is 0.242 e. The van der Waals surface area contributed by atoms with Gasteiger partial charge in [0.25, 0.3) is 0 Å². The average Bonchev–Trinajstić information content (AvgIpc) is 2.45. The first-order chi connectivity index (χ1) is 9.80. The van der Waals surface area contributed by atoms with Crippen LogP contribution in [0.15, 0.2) is 41.4 Å². The van der Waals surface area contributed by atoms with Crippen LogP contribution in [0, 0.1) is 5.41 Å². The topological polar surface area (TPSA) is 109 Å². The van der Waals surface area contributed by atoms with Crippen molar-refractivity contribution in [1.82, 2.24) is 9.71 Å². The highest BCUT2D eigenvalue weighted by atomic mass is 32.2. The molecule has 0 aliphatic carbocycles. The molecule has 21 heavy (non-hydrogen) atoms. The normalized spacial score (nSPS) is 14.8. The summed E-state index contributed by atoms with van der Waals surface area (Å²) in [5.41, 5.74) is 5.01. The average molecular weight is 306 g/mol. The molecule has 112 valence electrons. The molecule has 0 bridgehead atoms. The maximum atomic E-state index is 12.6. The first-order valence-corrected chi connectivity index (χ1v) is 8.01. The minimum absolute atomic E-state index is 0.133. The lowest BCUT2D eigenvalue weighted by Gasteiger charge is -2.28. The van der Waals surface area contributed by atoms with Crippen molar-refractivity contribution < 1.29 is 8.42 Å². The highest BCUT2D eigenvalue weighted by Gasteiger charge is 2.32. The van der Waals surface area contributed by atoms with E-state index in [1.54, 1.807) is 44.3 Å². The second-order valence-electron chi connectivity index (χ2n) is 5.03. The number of nitrogens with zero attached hydrogens (tertiary/aromatic N) is 1. The van der Waals surface area contributed by atoms with Crippen molar-refractivity contribution in [3.05, 3.63) is 36.5 Å². The summed E-state index contributed by atoms with van der Waals surface area (Å²) in [6.07, 6.45) is 1.99. The van der Waals surface area contributed by atoms with Gasteiger partial charge in [-0.1, -0.05) is 13.0 Å². The van der Waals surface area contributed by atoms with E-state index in [1.807, 2.05) is 0 Å². The predicted molar refractivity (Wildman–Crippen MR) is 82.7 cm³/mol. The molecule has 0 radical (unpaired) electrons. The number of aromatic nitrogens is 1. The van der Waals surface area contributed by atoms with Crippen molar-refractivity contribution in [3.8, 4) is 0 Å². The molecular weight excluding hydrogens is 288 g/mol. The molecule has 1 unspecified atom stereocenters. The first-order valence-electron chi connectivity index (χ1n) is 6.52. The number of pyridine rings is 1. The van der Waals surface area contributed by atoms with Crippen molar-refractivity contribution in [2.45, 2.75) is 30.7 Å². The Morgan fingerprint density at radius 2 is 2.10 bits per heavy atom. The Hall–Kier alpha value is -1.99. The summed E-state index contributed by atoms with van der Waals surface area (Å²) in [6.45, 7) is 3.37. The van der Waals surface area contributed by atoms with Crippen molar-refractivity contribution >= 4 is 26.8 Å². The van der Waals surface area contributed by atoms with E-state index in [2.05, 4.69) is 9.71 Å². The molecule has 0 fully saturated rings. The van der Waals surface area contributed by atoms with Crippen LogP contribution < -0.4 is 10.5 Å². The van der Waals surface area contributed by atoms with Gasteiger partial charge >= 0.3 is 0 Å². The summed E-state index contributed by atoms with van der Waals surface area (Å²) in [6, 6.07) is 8.29. The van der Waals surface area contributed by atoms with Crippen LogP contribution in [0.5, 0.6) is 0 Å². The molecule has 0 amide bonds. The number of fused-ring (bicyclic) bond motifs is 1. The minimum atomic E-state index is -3.81. The second kappa shape index (κ2) is 5.42. The Kier molecular flexibility index (Phi) is 3.97. The highest BCUT2D eigenvalue weighted by molar-refractivity contribution is 7.89. The zero-order valence-electron chi connectivity index (χ0n) is 11.9. The van der Waals surface area contributed by atoms with Crippen molar-refractivity contribution in [2.75, 3.05) is 0 Å². The van der Waals surface area contributed by atoms with Gasteiger partial charge in [-0.15, -0.1) is 0 Å². The summed E-state index contributed by atoms with van der Waals surface area (Å²) < 4.78 is 27.8. The molecule has 4 N–H and O–H groups in total. The van der Waals surface area contributed by atoms with E-state index in [9.17, 15) is 8.42 Å². The number of sulfonamides is 1. The molecule has 1 atom stereocenters. The van der Waals surface area contributed by atoms with Crippen LogP contribution in [-0.2, 0) is 10.0 Å². The number of amidine groups is 1. The second-order valence-corrected chi connectivity index (χ2v) is 6.68. The molecule has 0 saturated carbocycles. The van der Waals surface area contributed by atoms with Crippen LogP contribution in [0.3, 0.4) is 0 Å². The Morgan fingerprint density at radius 1 is 1.38 bits per heavy atom. The largest absolute Gasteiger partial charge is 0.386 e. The lowest BCUT2D eigenvalue weighted by atomic mass is 10.00. The van der Waals surface area contributed by atoms with E-state index in [1.165, 1.54) is 6.07 Å². The summed E-state index contributed by atoms with van der Waals surface area (Å²) in [4.78, 5) is 4.28. The number of hydrogen-bond donors (Lipinski definition) is 3. The Morgan fingerprint density at radius 3 is 2.71 bits per heavy atom. The number of hydrogen-bond acceptors (Lipinski definition) is 4. The van der Waals surface area contributed by atoms with Gasteiger partial charge in [0.15, 0.2) is 0 Å². The van der Waals surface area contributed by atoms with Gasteiger partial charge in [-0.05, 0) is 37.6 Å². The Labute approximate surface area is 123 Å². The van der Waals surface area contributed by atoms with Gasteiger partial charge in [0.2, 0.25) is 10.0 Å². The fourth-order valence-electron chi connectivity index (χ4n) is 1.98. The van der Waals surface area contributed by atoms with Gasteiger partial charge in [0, 0.05) is 11.6 Å². The van der Waals surface area contributed by atoms with Crippen molar-refractivity contribution in [1.29, 1.82) is 5.41 Å². The lowest BCUT2D eigenvalue weighted by Crippen LogP contribution is -2.54. The molecule has 0 saturated heterocycles. The third-order valence-corrected chi connectivity index (χ3v) is 5.21. The molecule has 2 aromatic rings. The fourth-order valence-corrected chi connectivity index (χ4v) is 3.66. The standard InChI is InChI=1S/C14H18N4O2S/c1-3-14(2,13(15)16)18-21(19,20)12-8-4-7-11-10(12)6-5-9-17-11/h4-9,18H,3H2,1-2H3,(H3,15,16). The molecule has 0 aliphatic heterocycles. The van der Waals surface area contributed by atoms with Crippen LogP contribution in [0.1, 0.15) is 20.3 Å². The summed E-state index contributed by atoms with van der Waals surface area (Å²) >= 11 is 0. The van der Waals surface area contributed by atoms with E-state index in [-0.39, 0.29) is 10.7 Å². The van der Waals surface area contributed by atoms with Crippen LogP contribution >= 0.6 is 0 Å². The molecule has 2 rings (SSSR count). The Balaban J connectivity index is 2.55. The third-order valence-electron chi connectivity index (χ3n) is 3.56. The molecule has 0 spiro atoms. The van der Waals surface area contributed by atoms with Crippen molar-refractivity contribution in [3.63, 3.8) is 0 Å². The quantitative estimate of drug-likeness (QED) is 0.576. The van der Waals surface area contributed by atoms with Gasteiger partial charge < -0.3 is 5.73 Å². The Bertz CT molecular complexity index is 783. The van der Waals surface area contributed by atoms with Gasteiger partial charge in [0.05, 0.1) is 16.0 Å². The maximum absolute atomic E-state index is 12.6. The van der Waals surface area contributed by atoms with Gasteiger partial charge in [-0.3, -0.25) is 10.4 Å². The molecule has 6 nitrogen and oxygen atoms in total. The van der Waals surface area contributed by atoms with Crippen LogP contribution in [0.4, 0.5) is 0 Å². The summed E-state index contributed by atoms with van der Waals surface area (Å²) in [7, 11) is -3.81. The number of benzene rings is 1. The van der Waals surface area contributed by atoms with Gasteiger partial charge in [-0.25, -0.2) is 8.42 Å². The molecule has 1 heterocycles. The van der Waals surface area contributed by atoms with Gasteiger partial charge in [0.1, 0.15) is 5.84 Å². The SMILES string of the molecule is CCC(C)(NS(=O)(=O)c1cccc2ncccc12)C(=N)N. The van der Waals surface area contributed by atoms with E-state index >= 15 is 0 Å². The zero-order valence-corrected chi connectivity index (χ0v) is 12.7. The number of rotatable bonds is 5. The van der Waals surface area contributed by atoms with Crippen LogP contribution in [0.25, 0.3) is 10.9 Å². The van der Waals surface area contributed by atoms with E-state index < -0.39 is 15.6 Å². The monoisotopic (exact) mass is 306 g/mol. The number of nitrogens with two attached hydrogens (primary N) is 1. The van der Waals surface area contributed by atoms with Crippen molar-refractivity contribution in [2.24, 2.45) is 5.73 Å². The molecule has 1 aromatic heterocycles. The van der Waals surface area contributed by atoms with Crippen LogP contribution in [0.2, 0.25) is 0 Å². The third kappa shape index (κ3) is 2.88. The summed E-state index contributed by atoms with van der Waals surface area (Å²) in [5, 5.41) is 8.13. The fraction of sp³-hybridized carbons (Fsp3) is 0.286. The molecule has 7 heteroatoms. The van der Waals surface area contributed by atoms with Gasteiger partial charge in [-0.2, -0.15) is 4.72 Å². The molecule has 0 aliphatic rings. The first kappa shape index (κ1) is 15.4. The highest BCUT2D eigenvalue weighted by Crippen LogP contribution is 2.23. The molecular formula is C14H18N4O2S. The minimum Gasteiger partial charge on any atom is -0.386 e. The predicted octanol–water partition coefficient (Wildman–Crippen LogP) is 1.62. The van der Waals surface area contributed by atoms with E-state index in [0.717, 1.165) is 0 Å². The lowest BCUT2D eigenvalue weighted by molar-refractivity contribution is 0.506.